The van der Waals surface area contributed by atoms with Crippen molar-refractivity contribution in [1.29, 1.82) is 0 Å². The van der Waals surface area contributed by atoms with Crippen molar-refractivity contribution in [2.75, 3.05) is 24.0 Å². The molecule has 0 unspecified atom stereocenters. The first-order chi connectivity index (χ1) is 16.0. The second-order valence-corrected chi connectivity index (χ2v) is 7.97. The van der Waals surface area contributed by atoms with Crippen molar-refractivity contribution < 1.29 is 19.1 Å². The van der Waals surface area contributed by atoms with Gasteiger partial charge in [0.15, 0.2) is 0 Å². The summed E-state index contributed by atoms with van der Waals surface area (Å²) in [7, 11) is 2.99. The lowest BCUT2D eigenvalue weighted by Crippen LogP contribution is -2.47. The van der Waals surface area contributed by atoms with Crippen molar-refractivity contribution >= 4 is 23.2 Å². The summed E-state index contributed by atoms with van der Waals surface area (Å²) in [6, 6.07) is 20.3. The van der Waals surface area contributed by atoms with Crippen LogP contribution in [0, 0.1) is 0 Å². The zero-order valence-corrected chi connectivity index (χ0v) is 19.2. The van der Waals surface area contributed by atoms with E-state index in [9.17, 15) is 9.59 Å². The van der Waals surface area contributed by atoms with E-state index < -0.39 is 0 Å². The van der Waals surface area contributed by atoms with Crippen LogP contribution in [-0.4, -0.2) is 37.1 Å². The molecule has 3 aromatic rings. The summed E-state index contributed by atoms with van der Waals surface area (Å²) in [5.41, 5.74) is 2.87. The average Bonchev–Trinajstić information content (AvgIpc) is 2.84. The van der Waals surface area contributed by atoms with Gasteiger partial charge in [-0.25, -0.2) is 0 Å². The van der Waals surface area contributed by atoms with E-state index in [0.29, 0.717) is 17.9 Å². The molecule has 170 valence electrons. The van der Waals surface area contributed by atoms with Crippen molar-refractivity contribution in [2.24, 2.45) is 0 Å². The minimum atomic E-state index is -0.213. The number of para-hydroxylation sites is 2. The van der Waals surface area contributed by atoms with Crippen LogP contribution in [0.2, 0.25) is 0 Å². The van der Waals surface area contributed by atoms with Gasteiger partial charge in [-0.2, -0.15) is 4.98 Å². The highest BCUT2D eigenvalue weighted by Gasteiger charge is 2.38. The van der Waals surface area contributed by atoms with Crippen LogP contribution < -0.4 is 19.3 Å². The van der Waals surface area contributed by atoms with Gasteiger partial charge in [-0.3, -0.25) is 9.59 Å². The second-order valence-electron chi connectivity index (χ2n) is 7.97. The number of hydrogen-bond donors (Lipinski definition) is 0. The number of ether oxygens (including phenoxy) is 2. The Labute approximate surface area is 193 Å². The van der Waals surface area contributed by atoms with Gasteiger partial charge in [-0.15, -0.1) is 0 Å². The molecule has 0 N–H and O–H groups in total. The maximum atomic E-state index is 13.7. The standard InChI is InChI=1S/C26H27N3O4/c1-17-16-23(29(18(2)30)19-10-6-5-7-11-19)20-12-8-9-13-22(20)28(17)26(31)21-14-15-24(32-3)27-25(21)33-4/h5-15,17,23H,16H2,1-4H3/t17-,23+/m0/s1. The van der Waals surface area contributed by atoms with Gasteiger partial charge in [0, 0.05) is 30.4 Å². The van der Waals surface area contributed by atoms with E-state index in [1.165, 1.54) is 14.2 Å². The molecule has 0 saturated heterocycles. The van der Waals surface area contributed by atoms with Gasteiger partial charge in [0.25, 0.3) is 5.91 Å². The molecule has 1 aliphatic heterocycles. The van der Waals surface area contributed by atoms with E-state index in [-0.39, 0.29) is 29.8 Å². The van der Waals surface area contributed by atoms with Crippen molar-refractivity contribution in [3.63, 3.8) is 0 Å². The van der Waals surface area contributed by atoms with Crippen LogP contribution in [0.15, 0.2) is 66.7 Å². The number of fused-ring (bicyclic) bond motifs is 1. The van der Waals surface area contributed by atoms with Gasteiger partial charge >= 0.3 is 0 Å². The van der Waals surface area contributed by atoms with Crippen LogP contribution in [0.5, 0.6) is 11.8 Å². The Kier molecular flexibility index (Phi) is 6.31. The highest BCUT2D eigenvalue weighted by atomic mass is 16.5. The molecule has 2 atom stereocenters. The molecule has 0 fully saturated rings. The number of anilines is 2. The zero-order valence-electron chi connectivity index (χ0n) is 19.2. The Morgan fingerprint density at radius 1 is 0.970 bits per heavy atom. The van der Waals surface area contributed by atoms with Gasteiger partial charge in [-0.1, -0.05) is 36.4 Å². The van der Waals surface area contributed by atoms with E-state index >= 15 is 0 Å². The van der Waals surface area contributed by atoms with Crippen LogP contribution >= 0.6 is 0 Å². The van der Waals surface area contributed by atoms with Gasteiger partial charge in [-0.05, 0) is 43.2 Å². The van der Waals surface area contributed by atoms with Crippen molar-refractivity contribution in [2.45, 2.75) is 32.4 Å². The minimum absolute atomic E-state index is 0.0472. The first-order valence-corrected chi connectivity index (χ1v) is 10.8. The summed E-state index contributed by atoms with van der Waals surface area (Å²) < 4.78 is 10.5. The summed E-state index contributed by atoms with van der Waals surface area (Å²) in [6.07, 6.45) is 0.586. The molecule has 7 nitrogen and oxygen atoms in total. The number of methoxy groups -OCH3 is 2. The smallest absolute Gasteiger partial charge is 0.264 e. The largest absolute Gasteiger partial charge is 0.481 e. The lowest BCUT2D eigenvalue weighted by molar-refractivity contribution is -0.117. The number of amides is 2. The first-order valence-electron chi connectivity index (χ1n) is 10.8. The summed E-state index contributed by atoms with van der Waals surface area (Å²) >= 11 is 0. The Bertz CT molecular complexity index is 1170. The maximum absolute atomic E-state index is 13.7. The molecule has 1 aromatic heterocycles. The molecule has 0 radical (unpaired) electrons. The van der Waals surface area contributed by atoms with E-state index in [2.05, 4.69) is 4.98 Å². The van der Waals surface area contributed by atoms with Crippen molar-refractivity contribution in [3.05, 3.63) is 77.9 Å². The molecule has 2 aromatic carbocycles. The van der Waals surface area contributed by atoms with Gasteiger partial charge < -0.3 is 19.3 Å². The molecule has 1 aliphatic rings. The first kappa shape index (κ1) is 22.3. The normalized spacial score (nSPS) is 17.2. The Hall–Kier alpha value is -3.87. The number of benzene rings is 2. The Morgan fingerprint density at radius 3 is 2.33 bits per heavy atom. The summed E-state index contributed by atoms with van der Waals surface area (Å²) in [6.45, 7) is 3.57. The highest BCUT2D eigenvalue weighted by Crippen LogP contribution is 2.43. The van der Waals surface area contributed by atoms with Gasteiger partial charge in [0.2, 0.25) is 17.7 Å². The third kappa shape index (κ3) is 4.14. The van der Waals surface area contributed by atoms with Gasteiger partial charge in [0.05, 0.1) is 20.3 Å². The van der Waals surface area contributed by atoms with E-state index in [4.69, 9.17) is 9.47 Å². The molecule has 0 bridgehead atoms. The summed E-state index contributed by atoms with van der Waals surface area (Å²) in [4.78, 5) is 34.3. The van der Waals surface area contributed by atoms with Crippen LogP contribution in [0.3, 0.4) is 0 Å². The summed E-state index contributed by atoms with van der Waals surface area (Å²) in [5.74, 6) is 0.319. The quantitative estimate of drug-likeness (QED) is 0.573. The van der Waals surface area contributed by atoms with Crippen molar-refractivity contribution in [1.82, 2.24) is 4.98 Å². The van der Waals surface area contributed by atoms with E-state index in [1.54, 1.807) is 24.0 Å². The molecule has 0 spiro atoms. The van der Waals surface area contributed by atoms with Gasteiger partial charge in [0.1, 0.15) is 5.56 Å². The fraction of sp³-hybridized carbons (Fsp3) is 0.269. The SMILES string of the molecule is COc1ccc(C(=O)N2c3ccccc3[C@H](N(C(C)=O)c3ccccc3)C[C@@H]2C)c(OC)n1. The third-order valence-electron chi connectivity index (χ3n) is 5.93. The number of rotatable bonds is 5. The third-order valence-corrected chi connectivity index (χ3v) is 5.93. The molecular formula is C26H27N3O4. The number of nitrogens with zero attached hydrogens (tertiary/aromatic N) is 3. The Morgan fingerprint density at radius 2 is 1.67 bits per heavy atom. The van der Waals surface area contributed by atoms with Crippen LogP contribution in [0.1, 0.15) is 42.2 Å². The molecule has 7 heteroatoms. The molecule has 2 amide bonds. The maximum Gasteiger partial charge on any atom is 0.264 e. The second kappa shape index (κ2) is 9.32. The zero-order chi connectivity index (χ0) is 23.5. The minimum Gasteiger partial charge on any atom is -0.481 e. The molecule has 4 rings (SSSR count). The molecule has 2 heterocycles. The summed E-state index contributed by atoms with van der Waals surface area (Å²) in [5, 5.41) is 0. The number of aromatic nitrogens is 1. The van der Waals surface area contributed by atoms with E-state index in [1.807, 2.05) is 66.4 Å². The number of hydrogen-bond acceptors (Lipinski definition) is 5. The topological polar surface area (TPSA) is 72.0 Å². The van der Waals surface area contributed by atoms with Crippen LogP contribution in [-0.2, 0) is 4.79 Å². The average molecular weight is 446 g/mol. The molecule has 0 aliphatic carbocycles. The molecule has 0 saturated carbocycles. The number of pyridine rings is 1. The van der Waals surface area contributed by atoms with Crippen LogP contribution in [0.25, 0.3) is 0 Å². The van der Waals surface area contributed by atoms with Crippen molar-refractivity contribution in [3.8, 4) is 11.8 Å². The number of carbonyl (C=O) groups excluding carboxylic acids is 2. The lowest BCUT2D eigenvalue weighted by Gasteiger charge is -2.43. The predicted octanol–water partition coefficient (Wildman–Crippen LogP) is 4.63. The number of carbonyl (C=O) groups is 2. The van der Waals surface area contributed by atoms with E-state index in [0.717, 1.165) is 16.9 Å². The Balaban J connectivity index is 1.78. The fourth-order valence-corrected chi connectivity index (χ4v) is 4.49. The monoisotopic (exact) mass is 445 g/mol. The predicted molar refractivity (Wildman–Crippen MR) is 127 cm³/mol. The molecule has 33 heavy (non-hydrogen) atoms. The lowest BCUT2D eigenvalue weighted by atomic mass is 9.89. The fourth-order valence-electron chi connectivity index (χ4n) is 4.49. The van der Waals surface area contributed by atoms with Crippen LogP contribution in [0.4, 0.5) is 11.4 Å². The molecular weight excluding hydrogens is 418 g/mol. The highest BCUT2D eigenvalue weighted by molar-refractivity contribution is 6.09.